The second-order valence-corrected chi connectivity index (χ2v) is 6.33. The molecule has 0 radical (unpaired) electrons. The van der Waals surface area contributed by atoms with E-state index in [9.17, 15) is 4.79 Å². The Bertz CT molecular complexity index is 649. The summed E-state index contributed by atoms with van der Waals surface area (Å²) in [5, 5.41) is 0. The molecule has 1 unspecified atom stereocenters. The van der Waals surface area contributed by atoms with Crippen molar-refractivity contribution in [1.82, 2.24) is 4.90 Å². The summed E-state index contributed by atoms with van der Waals surface area (Å²) in [6.45, 7) is 2.78. The number of carbonyl (C=O) groups excluding carboxylic acids is 1. The first-order valence-electron chi connectivity index (χ1n) is 8.42. The van der Waals surface area contributed by atoms with Gasteiger partial charge in [-0.15, -0.1) is 0 Å². The van der Waals surface area contributed by atoms with E-state index >= 15 is 0 Å². The number of carbonyl (C=O) groups is 1. The van der Waals surface area contributed by atoms with Gasteiger partial charge >= 0.3 is 0 Å². The molecule has 1 atom stereocenters. The van der Waals surface area contributed by atoms with E-state index in [-0.39, 0.29) is 5.78 Å². The standard InChI is InChI=1S/C21H27NO2/c1-5-20(23)21(15-16-22(2)3,17-9-7-6-8-10-17)18-11-13-19(24-4)14-12-18/h6-14H,5,15-16H2,1-4H3. The van der Waals surface area contributed by atoms with Gasteiger partial charge in [0.1, 0.15) is 11.5 Å². The molecule has 0 spiro atoms. The van der Waals surface area contributed by atoms with Gasteiger partial charge in [-0.3, -0.25) is 4.79 Å². The van der Waals surface area contributed by atoms with Gasteiger partial charge in [0.15, 0.2) is 0 Å². The lowest BCUT2D eigenvalue weighted by atomic mass is 9.68. The Labute approximate surface area is 145 Å². The van der Waals surface area contributed by atoms with Crippen molar-refractivity contribution in [3.63, 3.8) is 0 Å². The SMILES string of the molecule is CCC(=O)C(CCN(C)C)(c1ccccc1)c1ccc(OC)cc1. The van der Waals surface area contributed by atoms with Crippen molar-refractivity contribution in [2.24, 2.45) is 0 Å². The molecule has 0 aliphatic carbocycles. The van der Waals surface area contributed by atoms with Gasteiger partial charge in [-0.1, -0.05) is 49.4 Å². The highest BCUT2D eigenvalue weighted by Crippen LogP contribution is 2.38. The Hall–Kier alpha value is -2.13. The normalized spacial score (nSPS) is 13.5. The first-order chi connectivity index (χ1) is 11.5. The van der Waals surface area contributed by atoms with Gasteiger partial charge in [0.05, 0.1) is 12.5 Å². The van der Waals surface area contributed by atoms with Crippen molar-refractivity contribution >= 4 is 5.78 Å². The number of hydrogen-bond acceptors (Lipinski definition) is 3. The Kier molecular flexibility index (Phi) is 6.16. The third kappa shape index (κ3) is 3.68. The van der Waals surface area contributed by atoms with Crippen LogP contribution in [0.5, 0.6) is 5.75 Å². The zero-order chi connectivity index (χ0) is 17.6. The summed E-state index contributed by atoms with van der Waals surface area (Å²) in [6, 6.07) is 18.0. The Morgan fingerprint density at radius 2 is 1.58 bits per heavy atom. The highest BCUT2D eigenvalue weighted by atomic mass is 16.5. The second kappa shape index (κ2) is 8.11. The zero-order valence-electron chi connectivity index (χ0n) is 15.1. The molecule has 3 heteroatoms. The average molecular weight is 325 g/mol. The van der Waals surface area contributed by atoms with Crippen LogP contribution < -0.4 is 4.74 Å². The van der Waals surface area contributed by atoms with Crippen LogP contribution >= 0.6 is 0 Å². The molecule has 0 heterocycles. The summed E-state index contributed by atoms with van der Waals surface area (Å²) < 4.78 is 5.28. The van der Waals surface area contributed by atoms with Crippen molar-refractivity contribution in [3.05, 3.63) is 65.7 Å². The van der Waals surface area contributed by atoms with Crippen molar-refractivity contribution in [3.8, 4) is 5.75 Å². The first kappa shape index (κ1) is 18.2. The van der Waals surface area contributed by atoms with Crippen molar-refractivity contribution in [2.45, 2.75) is 25.2 Å². The van der Waals surface area contributed by atoms with Crippen LogP contribution in [0.4, 0.5) is 0 Å². The molecule has 128 valence electrons. The van der Waals surface area contributed by atoms with E-state index in [2.05, 4.69) is 17.0 Å². The lowest BCUT2D eigenvalue weighted by Gasteiger charge is -2.34. The smallest absolute Gasteiger partial charge is 0.147 e. The number of ketones is 1. The minimum Gasteiger partial charge on any atom is -0.497 e. The molecule has 24 heavy (non-hydrogen) atoms. The molecule has 0 saturated heterocycles. The number of benzene rings is 2. The van der Waals surface area contributed by atoms with E-state index in [0.717, 1.165) is 29.8 Å². The molecule has 0 aliphatic rings. The average Bonchev–Trinajstić information content (AvgIpc) is 2.63. The molecule has 2 rings (SSSR count). The summed E-state index contributed by atoms with van der Waals surface area (Å²) in [5.41, 5.74) is 1.47. The van der Waals surface area contributed by atoms with Crippen molar-refractivity contribution < 1.29 is 9.53 Å². The van der Waals surface area contributed by atoms with Gasteiger partial charge in [0.2, 0.25) is 0 Å². The lowest BCUT2D eigenvalue weighted by Crippen LogP contribution is -2.39. The summed E-state index contributed by atoms with van der Waals surface area (Å²) in [7, 11) is 5.74. The van der Waals surface area contributed by atoms with E-state index in [1.807, 2.05) is 63.5 Å². The van der Waals surface area contributed by atoms with E-state index in [1.54, 1.807) is 7.11 Å². The third-order valence-corrected chi connectivity index (χ3v) is 4.58. The van der Waals surface area contributed by atoms with E-state index in [1.165, 1.54) is 0 Å². The fraction of sp³-hybridized carbons (Fsp3) is 0.381. The Morgan fingerprint density at radius 3 is 2.08 bits per heavy atom. The summed E-state index contributed by atoms with van der Waals surface area (Å²) in [4.78, 5) is 15.3. The molecule has 0 saturated carbocycles. The quantitative estimate of drug-likeness (QED) is 0.737. The predicted molar refractivity (Wildman–Crippen MR) is 98.7 cm³/mol. The fourth-order valence-electron chi connectivity index (χ4n) is 3.21. The van der Waals surface area contributed by atoms with Crippen molar-refractivity contribution in [2.75, 3.05) is 27.7 Å². The predicted octanol–water partition coefficient (Wildman–Crippen LogP) is 3.91. The first-order valence-corrected chi connectivity index (χ1v) is 8.42. The van der Waals surface area contributed by atoms with Gasteiger partial charge < -0.3 is 9.64 Å². The fourth-order valence-corrected chi connectivity index (χ4v) is 3.21. The lowest BCUT2D eigenvalue weighted by molar-refractivity contribution is -0.123. The third-order valence-electron chi connectivity index (χ3n) is 4.58. The molecule has 0 aromatic heterocycles. The van der Waals surface area contributed by atoms with E-state index in [0.29, 0.717) is 6.42 Å². The molecule has 0 aliphatic heterocycles. The minimum atomic E-state index is -0.619. The largest absolute Gasteiger partial charge is 0.497 e. The number of rotatable bonds is 8. The number of methoxy groups -OCH3 is 1. The van der Waals surface area contributed by atoms with Crippen molar-refractivity contribution in [1.29, 1.82) is 0 Å². The molecular weight excluding hydrogens is 298 g/mol. The topological polar surface area (TPSA) is 29.5 Å². The van der Waals surface area contributed by atoms with Gasteiger partial charge in [0, 0.05) is 6.42 Å². The molecule has 0 bridgehead atoms. The van der Waals surface area contributed by atoms with Gasteiger partial charge in [-0.25, -0.2) is 0 Å². The van der Waals surface area contributed by atoms with Crippen LogP contribution in [0.15, 0.2) is 54.6 Å². The number of nitrogens with zero attached hydrogens (tertiary/aromatic N) is 1. The van der Waals surface area contributed by atoms with Crippen LogP contribution in [0.1, 0.15) is 30.9 Å². The van der Waals surface area contributed by atoms with Crippen LogP contribution in [0.2, 0.25) is 0 Å². The molecule has 0 N–H and O–H groups in total. The van der Waals surface area contributed by atoms with Crippen LogP contribution in [0, 0.1) is 0 Å². The summed E-state index contributed by atoms with van der Waals surface area (Å²) >= 11 is 0. The molecule has 2 aromatic carbocycles. The zero-order valence-corrected chi connectivity index (χ0v) is 15.1. The van der Waals surface area contributed by atoms with Gasteiger partial charge in [-0.2, -0.15) is 0 Å². The highest BCUT2D eigenvalue weighted by Gasteiger charge is 2.40. The van der Waals surface area contributed by atoms with Crippen LogP contribution in [0.25, 0.3) is 0 Å². The van der Waals surface area contributed by atoms with E-state index in [4.69, 9.17) is 4.74 Å². The van der Waals surface area contributed by atoms with Crippen LogP contribution in [-0.4, -0.2) is 38.4 Å². The van der Waals surface area contributed by atoms with Gasteiger partial charge in [-0.05, 0) is 50.3 Å². The number of ether oxygens (including phenoxy) is 1. The minimum absolute atomic E-state index is 0.251. The molecule has 0 amide bonds. The molecule has 3 nitrogen and oxygen atoms in total. The number of hydrogen-bond donors (Lipinski definition) is 0. The van der Waals surface area contributed by atoms with Crippen LogP contribution in [-0.2, 0) is 10.2 Å². The summed E-state index contributed by atoms with van der Waals surface area (Å²) in [5.74, 6) is 1.05. The Balaban J connectivity index is 2.61. The molecular formula is C21H27NO2. The molecule has 2 aromatic rings. The van der Waals surface area contributed by atoms with Gasteiger partial charge in [0.25, 0.3) is 0 Å². The maximum Gasteiger partial charge on any atom is 0.147 e. The molecule has 0 fully saturated rings. The second-order valence-electron chi connectivity index (χ2n) is 6.33. The summed E-state index contributed by atoms with van der Waals surface area (Å²) in [6.07, 6.45) is 1.26. The maximum absolute atomic E-state index is 13.2. The maximum atomic E-state index is 13.2. The Morgan fingerprint density at radius 1 is 1.00 bits per heavy atom. The van der Waals surface area contributed by atoms with Crippen LogP contribution in [0.3, 0.4) is 0 Å². The number of Topliss-reactive ketones (excluding diaryl/α,β-unsaturated/α-hetero) is 1. The monoisotopic (exact) mass is 325 g/mol. The highest BCUT2D eigenvalue weighted by molar-refractivity contribution is 5.93. The van der Waals surface area contributed by atoms with E-state index < -0.39 is 5.41 Å².